The minimum Gasteiger partial charge on any atom is -0.432 e. The van der Waals surface area contributed by atoms with Crippen LogP contribution in [0, 0.1) is 6.92 Å². The largest absolute Gasteiger partial charge is 0.432 e. The van der Waals surface area contributed by atoms with E-state index in [1.165, 1.54) is 16.7 Å². The number of fused-ring (bicyclic) bond motifs is 1. The summed E-state index contributed by atoms with van der Waals surface area (Å²) in [6.45, 7) is 4.93. The molecule has 0 unspecified atom stereocenters. The molecule has 2 nitrogen and oxygen atoms in total. The summed E-state index contributed by atoms with van der Waals surface area (Å²) in [7, 11) is 0. The molecule has 0 aromatic heterocycles. The smallest absolute Gasteiger partial charge is 0.269 e. The van der Waals surface area contributed by atoms with Crippen molar-refractivity contribution >= 4 is 40.3 Å². The lowest BCUT2D eigenvalue weighted by Gasteiger charge is -2.30. The Balaban J connectivity index is 1.87. The summed E-state index contributed by atoms with van der Waals surface area (Å²) >= 11 is 11.4. The molecule has 2 aromatic carbocycles. The number of hydrogen-bond donors (Lipinski definition) is 0. The topological polar surface area (TPSA) is 12.5 Å². The van der Waals surface area contributed by atoms with Gasteiger partial charge in [0.25, 0.3) is 5.17 Å². The molecule has 0 atom stereocenters. The molecule has 1 heterocycles. The van der Waals surface area contributed by atoms with Gasteiger partial charge in [-0.1, -0.05) is 29.3 Å². The third kappa shape index (κ3) is 3.01. The summed E-state index contributed by atoms with van der Waals surface area (Å²) in [5.74, 6) is 0.689. The zero-order chi connectivity index (χ0) is 15.7. The molecular formula is C18H16ClNOS. The Hall–Kier alpha value is -1.84. The van der Waals surface area contributed by atoms with Crippen LogP contribution in [0.2, 0.25) is 5.02 Å². The van der Waals surface area contributed by atoms with Gasteiger partial charge in [0.1, 0.15) is 5.75 Å². The molecule has 0 saturated heterocycles. The number of anilines is 1. The molecule has 0 fully saturated rings. The Morgan fingerprint density at radius 2 is 1.86 bits per heavy atom. The second kappa shape index (κ2) is 6.11. The van der Waals surface area contributed by atoms with Crippen molar-refractivity contribution in [2.24, 2.45) is 0 Å². The fraction of sp³-hybridized carbons (Fsp3) is 0.167. The molecule has 3 rings (SSSR count). The van der Waals surface area contributed by atoms with Crippen molar-refractivity contribution < 1.29 is 4.74 Å². The van der Waals surface area contributed by atoms with Crippen LogP contribution in [0.25, 0.3) is 5.57 Å². The molecule has 0 radical (unpaired) electrons. The van der Waals surface area contributed by atoms with Crippen LogP contribution in [-0.4, -0.2) is 11.7 Å². The summed E-state index contributed by atoms with van der Waals surface area (Å²) in [6, 6.07) is 13.6. The highest BCUT2D eigenvalue weighted by Crippen LogP contribution is 2.32. The van der Waals surface area contributed by atoms with E-state index in [4.69, 9.17) is 28.6 Å². The van der Waals surface area contributed by atoms with Gasteiger partial charge in [-0.05, 0) is 68.0 Å². The van der Waals surface area contributed by atoms with Gasteiger partial charge < -0.3 is 4.74 Å². The van der Waals surface area contributed by atoms with Crippen LogP contribution in [0.5, 0.6) is 5.75 Å². The number of thiocarbonyl (C=S) groups is 1. The van der Waals surface area contributed by atoms with Crippen LogP contribution in [-0.2, 0) is 0 Å². The zero-order valence-electron chi connectivity index (χ0n) is 12.5. The summed E-state index contributed by atoms with van der Waals surface area (Å²) in [5.41, 5.74) is 4.79. The van der Waals surface area contributed by atoms with Gasteiger partial charge in [-0.25, -0.2) is 0 Å². The molecule has 2 aromatic rings. The van der Waals surface area contributed by atoms with Crippen LogP contribution in [0.15, 0.2) is 48.5 Å². The van der Waals surface area contributed by atoms with E-state index in [1.807, 2.05) is 17.0 Å². The van der Waals surface area contributed by atoms with Gasteiger partial charge >= 0.3 is 0 Å². The molecule has 1 aliphatic rings. The van der Waals surface area contributed by atoms with Gasteiger partial charge in [-0.3, -0.25) is 4.90 Å². The van der Waals surface area contributed by atoms with E-state index in [1.54, 1.807) is 12.1 Å². The lowest BCUT2D eigenvalue weighted by atomic mass is 9.99. The molecule has 112 valence electrons. The summed E-state index contributed by atoms with van der Waals surface area (Å²) in [6.07, 6.45) is 2.17. The van der Waals surface area contributed by atoms with Gasteiger partial charge in [0.05, 0.1) is 5.69 Å². The van der Waals surface area contributed by atoms with Crippen molar-refractivity contribution in [3.05, 3.63) is 64.7 Å². The fourth-order valence-electron chi connectivity index (χ4n) is 2.47. The van der Waals surface area contributed by atoms with Crippen LogP contribution >= 0.6 is 23.8 Å². The maximum atomic E-state index is 5.89. The van der Waals surface area contributed by atoms with Gasteiger partial charge in [-0.15, -0.1) is 0 Å². The maximum absolute atomic E-state index is 5.89. The number of aryl methyl sites for hydroxylation is 1. The zero-order valence-corrected chi connectivity index (χ0v) is 14.0. The first-order chi connectivity index (χ1) is 10.5. The quantitative estimate of drug-likeness (QED) is 0.664. The minimum absolute atomic E-state index is 0.441. The van der Waals surface area contributed by atoms with Crippen LogP contribution in [0.4, 0.5) is 5.69 Å². The summed E-state index contributed by atoms with van der Waals surface area (Å²) in [5, 5.41) is 1.12. The van der Waals surface area contributed by atoms with Crippen LogP contribution < -0.4 is 9.64 Å². The number of nitrogens with zero attached hydrogens (tertiary/aromatic N) is 1. The lowest BCUT2D eigenvalue weighted by Crippen LogP contribution is -2.35. The first-order valence-corrected chi connectivity index (χ1v) is 7.86. The standard InChI is InChI=1S/C18H16ClNOS/c1-12-3-8-17-16(11-12)13(2)9-10-20(17)18(22)21-15-6-4-14(19)5-7-15/h3-9,11H,10H2,1-2H3. The molecule has 0 N–H and O–H groups in total. The molecule has 4 heteroatoms. The van der Waals surface area contributed by atoms with E-state index in [2.05, 4.69) is 38.1 Å². The van der Waals surface area contributed by atoms with Crippen molar-refractivity contribution in [1.82, 2.24) is 0 Å². The number of hydrogen-bond acceptors (Lipinski definition) is 2. The molecular weight excluding hydrogens is 314 g/mol. The second-order valence-corrected chi connectivity index (χ2v) is 6.13. The number of ether oxygens (including phenoxy) is 1. The Kier molecular flexibility index (Phi) is 4.19. The van der Waals surface area contributed by atoms with E-state index < -0.39 is 0 Å². The van der Waals surface area contributed by atoms with Crippen molar-refractivity contribution in [2.75, 3.05) is 11.4 Å². The fourth-order valence-corrected chi connectivity index (χ4v) is 2.86. The Bertz CT molecular complexity index is 752. The number of rotatable bonds is 1. The Morgan fingerprint density at radius 1 is 1.14 bits per heavy atom. The van der Waals surface area contributed by atoms with Crippen molar-refractivity contribution in [2.45, 2.75) is 13.8 Å². The predicted molar refractivity (Wildman–Crippen MR) is 96.9 cm³/mol. The molecule has 0 bridgehead atoms. The van der Waals surface area contributed by atoms with Crippen molar-refractivity contribution in [3.63, 3.8) is 0 Å². The third-order valence-electron chi connectivity index (χ3n) is 3.69. The van der Waals surface area contributed by atoms with E-state index in [9.17, 15) is 0 Å². The normalized spacial score (nSPS) is 13.4. The van der Waals surface area contributed by atoms with Gasteiger partial charge in [0, 0.05) is 17.1 Å². The molecule has 0 aliphatic carbocycles. The Labute approximate surface area is 141 Å². The first kappa shape index (κ1) is 15.1. The van der Waals surface area contributed by atoms with E-state index in [0.717, 1.165) is 5.69 Å². The molecule has 22 heavy (non-hydrogen) atoms. The first-order valence-electron chi connectivity index (χ1n) is 7.07. The molecule has 1 aliphatic heterocycles. The van der Waals surface area contributed by atoms with E-state index >= 15 is 0 Å². The van der Waals surface area contributed by atoms with Gasteiger partial charge in [0.15, 0.2) is 0 Å². The molecule has 0 spiro atoms. The van der Waals surface area contributed by atoms with Crippen molar-refractivity contribution in [3.8, 4) is 5.75 Å². The van der Waals surface area contributed by atoms with E-state index in [-0.39, 0.29) is 0 Å². The highest BCUT2D eigenvalue weighted by atomic mass is 35.5. The second-order valence-electron chi connectivity index (χ2n) is 5.34. The van der Waals surface area contributed by atoms with Crippen molar-refractivity contribution in [1.29, 1.82) is 0 Å². The highest BCUT2D eigenvalue weighted by molar-refractivity contribution is 7.80. The van der Waals surface area contributed by atoms with Crippen LogP contribution in [0.3, 0.4) is 0 Å². The minimum atomic E-state index is 0.441. The summed E-state index contributed by atoms with van der Waals surface area (Å²) < 4.78 is 5.80. The summed E-state index contributed by atoms with van der Waals surface area (Å²) in [4.78, 5) is 2.01. The Morgan fingerprint density at radius 3 is 2.59 bits per heavy atom. The average Bonchev–Trinajstić information content (AvgIpc) is 2.50. The number of allylic oxidation sites excluding steroid dienone is 1. The van der Waals surface area contributed by atoms with Gasteiger partial charge in [0.2, 0.25) is 0 Å². The average molecular weight is 330 g/mol. The third-order valence-corrected chi connectivity index (χ3v) is 4.24. The lowest BCUT2D eigenvalue weighted by molar-refractivity contribution is 0.549. The highest BCUT2D eigenvalue weighted by Gasteiger charge is 2.21. The molecule has 0 saturated carbocycles. The van der Waals surface area contributed by atoms with E-state index in [0.29, 0.717) is 22.5 Å². The molecule has 0 amide bonds. The number of benzene rings is 2. The number of halogens is 1. The monoisotopic (exact) mass is 329 g/mol. The SMILES string of the molecule is CC1=CCN(C(=S)Oc2ccc(Cl)cc2)c2ccc(C)cc21. The van der Waals surface area contributed by atoms with Crippen LogP contribution in [0.1, 0.15) is 18.1 Å². The predicted octanol–water partition coefficient (Wildman–Crippen LogP) is 5.24. The van der Waals surface area contributed by atoms with Gasteiger partial charge in [-0.2, -0.15) is 0 Å². The maximum Gasteiger partial charge on any atom is 0.269 e.